The molecule has 2 heterocycles. The van der Waals surface area contributed by atoms with Crippen LogP contribution >= 0.6 is 0 Å². The summed E-state index contributed by atoms with van der Waals surface area (Å²) >= 11 is 0. The Labute approximate surface area is 129 Å². The molecule has 0 bridgehead atoms. The van der Waals surface area contributed by atoms with Gasteiger partial charge < -0.3 is 4.90 Å². The van der Waals surface area contributed by atoms with Crippen molar-refractivity contribution in [2.75, 3.05) is 13.1 Å². The molecule has 1 atom stereocenters. The molecule has 1 saturated heterocycles. The molecule has 1 fully saturated rings. The van der Waals surface area contributed by atoms with E-state index in [1.165, 1.54) is 6.07 Å². The van der Waals surface area contributed by atoms with Crippen LogP contribution in [0, 0.1) is 5.82 Å². The van der Waals surface area contributed by atoms with Crippen molar-refractivity contribution in [2.24, 2.45) is 0 Å². The fourth-order valence-electron chi connectivity index (χ4n) is 3.00. The molecule has 114 valence electrons. The van der Waals surface area contributed by atoms with Gasteiger partial charge in [-0.3, -0.25) is 9.78 Å². The van der Waals surface area contributed by atoms with Crippen LogP contribution < -0.4 is 0 Å². The molecule has 0 spiro atoms. The van der Waals surface area contributed by atoms with Gasteiger partial charge in [-0.05, 0) is 37.1 Å². The molecule has 0 radical (unpaired) electrons. The predicted octanol–water partition coefficient (Wildman–Crippen LogP) is 3.61. The van der Waals surface area contributed by atoms with E-state index in [-0.39, 0.29) is 17.6 Å². The Hall–Kier alpha value is -2.23. The van der Waals surface area contributed by atoms with Crippen LogP contribution in [-0.2, 0) is 4.79 Å². The third-order valence-corrected chi connectivity index (χ3v) is 4.21. The second-order valence-electron chi connectivity index (χ2n) is 5.73. The second kappa shape index (κ2) is 6.26. The minimum absolute atomic E-state index is 0.106. The van der Waals surface area contributed by atoms with Crippen LogP contribution in [-0.4, -0.2) is 28.9 Å². The third kappa shape index (κ3) is 3.01. The number of halogens is 1. The highest BCUT2D eigenvalue weighted by Gasteiger charge is 2.24. The zero-order valence-corrected chi connectivity index (χ0v) is 12.6. The number of rotatable bonds is 2. The van der Waals surface area contributed by atoms with Gasteiger partial charge in [-0.2, -0.15) is 0 Å². The monoisotopic (exact) mass is 298 g/mol. The lowest BCUT2D eigenvalue weighted by atomic mass is 9.94. The van der Waals surface area contributed by atoms with Crippen molar-refractivity contribution in [1.29, 1.82) is 0 Å². The summed E-state index contributed by atoms with van der Waals surface area (Å²) in [6, 6.07) is 12.4. The Bertz CT molecular complexity index is 686. The Kier molecular flexibility index (Phi) is 4.18. The topological polar surface area (TPSA) is 33.2 Å². The van der Waals surface area contributed by atoms with Gasteiger partial charge in [0.25, 0.3) is 0 Å². The van der Waals surface area contributed by atoms with E-state index >= 15 is 0 Å². The summed E-state index contributed by atoms with van der Waals surface area (Å²) in [5.41, 5.74) is 2.10. The number of nitrogens with zero attached hydrogens (tertiary/aromatic N) is 2. The molecular formula is C18H19FN2O. The van der Waals surface area contributed by atoms with Crippen molar-refractivity contribution in [3.05, 3.63) is 54.0 Å². The third-order valence-electron chi connectivity index (χ3n) is 4.21. The number of amides is 1. The zero-order valence-electron chi connectivity index (χ0n) is 12.6. The number of hydrogen-bond donors (Lipinski definition) is 0. The standard InChI is InChI=1S/C18H19FN2O/c1-13(22)21-11-5-6-14(12-21)17-9-4-10-18(20-17)15-7-2-3-8-16(15)19/h2-4,7-10,14H,5-6,11-12H2,1H3/t14-/m0/s1. The Morgan fingerprint density at radius 2 is 2.05 bits per heavy atom. The molecule has 1 aliphatic heterocycles. The lowest BCUT2D eigenvalue weighted by Crippen LogP contribution is -2.37. The van der Waals surface area contributed by atoms with Crippen molar-refractivity contribution < 1.29 is 9.18 Å². The SMILES string of the molecule is CC(=O)N1CCC[C@H](c2cccc(-c3ccccc3F)n2)C1. The van der Waals surface area contributed by atoms with Crippen molar-refractivity contribution >= 4 is 5.91 Å². The van der Waals surface area contributed by atoms with E-state index in [9.17, 15) is 9.18 Å². The van der Waals surface area contributed by atoms with Gasteiger partial charge in [-0.15, -0.1) is 0 Å². The summed E-state index contributed by atoms with van der Waals surface area (Å²) in [5, 5.41) is 0. The van der Waals surface area contributed by atoms with Gasteiger partial charge in [0, 0.05) is 37.2 Å². The molecule has 1 amide bonds. The molecule has 3 rings (SSSR count). The average molecular weight is 298 g/mol. The van der Waals surface area contributed by atoms with Gasteiger partial charge >= 0.3 is 0 Å². The van der Waals surface area contributed by atoms with E-state index in [2.05, 4.69) is 4.98 Å². The first-order chi connectivity index (χ1) is 10.6. The van der Waals surface area contributed by atoms with Crippen molar-refractivity contribution in [1.82, 2.24) is 9.88 Å². The van der Waals surface area contributed by atoms with Crippen LogP contribution in [0.1, 0.15) is 31.4 Å². The van der Waals surface area contributed by atoms with Gasteiger partial charge in [0.15, 0.2) is 0 Å². The maximum atomic E-state index is 13.9. The molecule has 1 aliphatic rings. The van der Waals surface area contributed by atoms with Crippen molar-refractivity contribution in [2.45, 2.75) is 25.7 Å². The fraction of sp³-hybridized carbons (Fsp3) is 0.333. The molecule has 0 unspecified atom stereocenters. The first-order valence-electron chi connectivity index (χ1n) is 7.62. The Morgan fingerprint density at radius 1 is 1.23 bits per heavy atom. The Morgan fingerprint density at radius 3 is 2.82 bits per heavy atom. The first-order valence-corrected chi connectivity index (χ1v) is 7.62. The van der Waals surface area contributed by atoms with E-state index in [1.807, 2.05) is 29.2 Å². The second-order valence-corrected chi connectivity index (χ2v) is 5.73. The van der Waals surface area contributed by atoms with Crippen LogP contribution in [0.25, 0.3) is 11.3 Å². The first kappa shape index (κ1) is 14.7. The van der Waals surface area contributed by atoms with E-state index in [1.54, 1.807) is 19.1 Å². The van der Waals surface area contributed by atoms with Crippen LogP contribution in [0.15, 0.2) is 42.5 Å². The number of likely N-dealkylation sites (tertiary alicyclic amines) is 1. The highest BCUT2D eigenvalue weighted by molar-refractivity contribution is 5.73. The zero-order chi connectivity index (χ0) is 15.5. The summed E-state index contributed by atoms with van der Waals surface area (Å²) in [7, 11) is 0. The quantitative estimate of drug-likeness (QED) is 0.848. The highest BCUT2D eigenvalue weighted by Crippen LogP contribution is 2.28. The maximum Gasteiger partial charge on any atom is 0.219 e. The number of carbonyl (C=O) groups excluding carboxylic acids is 1. The minimum Gasteiger partial charge on any atom is -0.342 e. The molecule has 2 aromatic rings. The maximum absolute atomic E-state index is 13.9. The summed E-state index contributed by atoms with van der Waals surface area (Å²) < 4.78 is 13.9. The molecule has 3 nitrogen and oxygen atoms in total. The average Bonchev–Trinajstić information content (AvgIpc) is 2.55. The van der Waals surface area contributed by atoms with Gasteiger partial charge in [0.2, 0.25) is 5.91 Å². The smallest absolute Gasteiger partial charge is 0.219 e. The molecule has 1 aromatic carbocycles. The molecule has 0 saturated carbocycles. The van der Waals surface area contributed by atoms with E-state index < -0.39 is 0 Å². The molecule has 22 heavy (non-hydrogen) atoms. The fourth-order valence-corrected chi connectivity index (χ4v) is 3.00. The largest absolute Gasteiger partial charge is 0.342 e. The van der Waals surface area contributed by atoms with E-state index in [0.717, 1.165) is 25.1 Å². The van der Waals surface area contributed by atoms with Gasteiger partial charge in [0.1, 0.15) is 5.82 Å². The molecule has 4 heteroatoms. The van der Waals surface area contributed by atoms with E-state index in [0.29, 0.717) is 17.8 Å². The number of aromatic nitrogens is 1. The van der Waals surface area contributed by atoms with Crippen LogP contribution in [0.5, 0.6) is 0 Å². The highest BCUT2D eigenvalue weighted by atomic mass is 19.1. The van der Waals surface area contributed by atoms with Crippen LogP contribution in [0.2, 0.25) is 0 Å². The lowest BCUT2D eigenvalue weighted by molar-refractivity contribution is -0.130. The van der Waals surface area contributed by atoms with Crippen molar-refractivity contribution in [3.8, 4) is 11.3 Å². The number of hydrogen-bond acceptors (Lipinski definition) is 2. The van der Waals surface area contributed by atoms with Crippen molar-refractivity contribution in [3.63, 3.8) is 0 Å². The molecule has 0 N–H and O–H groups in total. The summed E-state index contributed by atoms with van der Waals surface area (Å²) in [5.74, 6) is 0.0699. The summed E-state index contributed by atoms with van der Waals surface area (Å²) in [6.45, 7) is 3.12. The summed E-state index contributed by atoms with van der Waals surface area (Å²) in [4.78, 5) is 18.1. The lowest BCUT2D eigenvalue weighted by Gasteiger charge is -2.31. The normalized spacial score (nSPS) is 18.3. The predicted molar refractivity (Wildman–Crippen MR) is 83.9 cm³/mol. The number of carbonyl (C=O) groups is 1. The Balaban J connectivity index is 1.88. The summed E-state index contributed by atoms with van der Waals surface area (Å²) in [6.07, 6.45) is 1.99. The number of benzene rings is 1. The van der Waals surface area contributed by atoms with Gasteiger partial charge in [-0.25, -0.2) is 4.39 Å². The molecule has 0 aliphatic carbocycles. The van der Waals surface area contributed by atoms with Crippen LogP contribution in [0.3, 0.4) is 0 Å². The van der Waals surface area contributed by atoms with Gasteiger partial charge in [0.05, 0.1) is 5.69 Å². The molecular weight excluding hydrogens is 279 g/mol. The van der Waals surface area contributed by atoms with E-state index in [4.69, 9.17) is 0 Å². The molecule has 1 aromatic heterocycles. The number of pyridine rings is 1. The minimum atomic E-state index is -0.263. The van der Waals surface area contributed by atoms with Gasteiger partial charge in [-0.1, -0.05) is 18.2 Å². The van der Waals surface area contributed by atoms with Crippen LogP contribution in [0.4, 0.5) is 4.39 Å². The number of piperidine rings is 1.